The molecule has 0 saturated carbocycles. The van der Waals surface area contributed by atoms with E-state index in [1.54, 1.807) is 11.3 Å². The quantitative estimate of drug-likeness (QED) is 0.307. The molecule has 12 heteroatoms. The maximum atomic E-state index is 14.0. The highest BCUT2D eigenvalue weighted by Gasteiger charge is 2.35. The first kappa shape index (κ1) is 31.4. The number of likely N-dealkylation sites (tertiary alicyclic amines) is 1. The van der Waals surface area contributed by atoms with Crippen LogP contribution in [-0.2, 0) is 22.5 Å². The first-order valence-electron chi connectivity index (χ1n) is 17.3. The van der Waals surface area contributed by atoms with Gasteiger partial charge in [-0.05, 0) is 99.2 Å². The zero-order valence-electron chi connectivity index (χ0n) is 27.0. The van der Waals surface area contributed by atoms with Gasteiger partial charge < -0.3 is 30.6 Å². The van der Waals surface area contributed by atoms with E-state index in [0.29, 0.717) is 57.9 Å². The van der Waals surface area contributed by atoms with Crippen molar-refractivity contribution in [2.45, 2.75) is 63.5 Å². The Balaban J connectivity index is 0.953. The molecule has 0 radical (unpaired) electrons. The number of fused-ring (bicyclic) bond motifs is 2. The van der Waals surface area contributed by atoms with Crippen LogP contribution < -0.4 is 16.0 Å². The third-order valence-corrected chi connectivity index (χ3v) is 10.7. The maximum Gasteiger partial charge on any atom is 0.426 e. The molecule has 0 bridgehead atoms. The van der Waals surface area contributed by atoms with E-state index in [-0.39, 0.29) is 18.0 Å². The standard InChI is InChI=1S/C35H46N8O4/c44-33(41-16-9-26(10-17-41)25-7-14-36-15-8-25)32(22-24-5-6-31-28(21-24)23-37-40-31)39-35(46)47-42-18-12-29(13-19-42)43-20-11-27-3-1-2-4-30(27)38-34(43)45/h1-6,21,23,25-26,29,32,36H,7-20,22H2,(H,37,40)(H,38,45)(H,39,46). The Kier molecular flexibility index (Phi) is 9.57. The number of hydrogen-bond donors (Lipinski definition) is 4. The molecule has 250 valence electrons. The molecular formula is C35H46N8O4. The molecule has 1 atom stereocenters. The molecule has 3 aromatic rings. The second-order valence-corrected chi connectivity index (χ2v) is 13.5. The van der Waals surface area contributed by atoms with Gasteiger partial charge in [0, 0.05) is 56.3 Å². The van der Waals surface area contributed by atoms with Crippen LogP contribution in [0.2, 0.25) is 0 Å². The molecule has 47 heavy (non-hydrogen) atoms. The number of hydrogen-bond acceptors (Lipinski definition) is 7. The fraction of sp³-hybridized carbons (Fsp3) is 0.543. The largest absolute Gasteiger partial charge is 0.426 e. The summed E-state index contributed by atoms with van der Waals surface area (Å²) in [7, 11) is 0. The van der Waals surface area contributed by atoms with Crippen molar-refractivity contribution in [1.29, 1.82) is 0 Å². The summed E-state index contributed by atoms with van der Waals surface area (Å²) in [6.07, 6.45) is 8.11. The lowest BCUT2D eigenvalue weighted by molar-refractivity contribution is -0.137. The number of rotatable bonds is 7. The van der Waals surface area contributed by atoms with Crippen molar-refractivity contribution in [1.82, 2.24) is 35.7 Å². The van der Waals surface area contributed by atoms with Gasteiger partial charge >= 0.3 is 12.1 Å². The molecule has 12 nitrogen and oxygen atoms in total. The van der Waals surface area contributed by atoms with Gasteiger partial charge in [0.25, 0.3) is 0 Å². The molecule has 5 heterocycles. The molecular weight excluding hydrogens is 596 g/mol. The predicted octanol–water partition coefficient (Wildman–Crippen LogP) is 3.91. The summed E-state index contributed by atoms with van der Waals surface area (Å²) in [6, 6.07) is 13.1. The van der Waals surface area contributed by atoms with Crippen molar-refractivity contribution in [3.8, 4) is 0 Å². The van der Waals surface area contributed by atoms with Crippen molar-refractivity contribution < 1.29 is 19.2 Å². The number of aromatic nitrogens is 2. The minimum atomic E-state index is -0.748. The fourth-order valence-corrected chi connectivity index (χ4v) is 7.95. The molecule has 4 N–H and O–H groups in total. The number of nitrogens with zero attached hydrogens (tertiary/aromatic N) is 4. The number of piperidine rings is 3. The third kappa shape index (κ3) is 7.38. The van der Waals surface area contributed by atoms with Crippen LogP contribution in [0.1, 0.15) is 49.7 Å². The number of carbonyl (C=O) groups is 3. The Labute approximate surface area is 275 Å². The van der Waals surface area contributed by atoms with Crippen LogP contribution >= 0.6 is 0 Å². The van der Waals surface area contributed by atoms with Gasteiger partial charge in [-0.1, -0.05) is 24.3 Å². The van der Waals surface area contributed by atoms with Gasteiger partial charge in [-0.25, -0.2) is 9.59 Å². The van der Waals surface area contributed by atoms with E-state index in [9.17, 15) is 14.4 Å². The van der Waals surface area contributed by atoms with E-state index in [2.05, 4.69) is 32.2 Å². The molecule has 4 aliphatic rings. The minimum absolute atomic E-state index is 0.0622. The summed E-state index contributed by atoms with van der Waals surface area (Å²) in [6.45, 7) is 5.26. The molecule has 1 unspecified atom stereocenters. The molecule has 7 rings (SSSR count). The van der Waals surface area contributed by atoms with Crippen LogP contribution in [0.3, 0.4) is 0 Å². The Morgan fingerprint density at radius 1 is 0.936 bits per heavy atom. The molecule has 4 amide bonds. The number of amides is 4. The van der Waals surface area contributed by atoms with Gasteiger partial charge in [-0.15, -0.1) is 5.06 Å². The van der Waals surface area contributed by atoms with Gasteiger partial charge in [-0.2, -0.15) is 5.10 Å². The summed E-state index contributed by atoms with van der Waals surface area (Å²) < 4.78 is 0. The molecule has 1 aromatic heterocycles. The maximum absolute atomic E-state index is 14.0. The molecule has 3 saturated heterocycles. The average molecular weight is 643 g/mol. The average Bonchev–Trinajstić information content (AvgIpc) is 3.50. The second-order valence-electron chi connectivity index (χ2n) is 13.5. The van der Waals surface area contributed by atoms with E-state index in [4.69, 9.17) is 4.84 Å². The zero-order chi connectivity index (χ0) is 32.2. The predicted molar refractivity (Wildman–Crippen MR) is 179 cm³/mol. The van der Waals surface area contributed by atoms with Crippen molar-refractivity contribution in [3.63, 3.8) is 0 Å². The van der Waals surface area contributed by atoms with E-state index < -0.39 is 12.1 Å². The van der Waals surface area contributed by atoms with Crippen LogP contribution in [0.5, 0.6) is 0 Å². The first-order valence-corrected chi connectivity index (χ1v) is 17.3. The van der Waals surface area contributed by atoms with Gasteiger partial charge in [0.05, 0.1) is 11.7 Å². The highest BCUT2D eigenvalue weighted by molar-refractivity contribution is 5.91. The number of anilines is 1. The van der Waals surface area contributed by atoms with Crippen molar-refractivity contribution in [3.05, 3.63) is 59.8 Å². The molecule has 3 fully saturated rings. The highest BCUT2D eigenvalue weighted by Crippen LogP contribution is 2.31. The smallest absolute Gasteiger partial charge is 0.351 e. The Morgan fingerprint density at radius 3 is 2.51 bits per heavy atom. The van der Waals surface area contributed by atoms with Crippen molar-refractivity contribution in [2.24, 2.45) is 11.8 Å². The summed E-state index contributed by atoms with van der Waals surface area (Å²) in [5.41, 5.74) is 3.88. The molecule has 0 aliphatic carbocycles. The normalized spacial score (nSPS) is 21.1. The van der Waals surface area contributed by atoms with Crippen LogP contribution in [0.25, 0.3) is 10.9 Å². The lowest BCUT2D eigenvalue weighted by atomic mass is 9.79. The van der Waals surface area contributed by atoms with Crippen LogP contribution in [-0.4, -0.2) is 101 Å². The Bertz CT molecular complexity index is 1560. The summed E-state index contributed by atoms with van der Waals surface area (Å²) in [4.78, 5) is 49.9. The molecule has 2 aromatic carbocycles. The number of para-hydroxylation sites is 1. The second kappa shape index (κ2) is 14.3. The summed E-state index contributed by atoms with van der Waals surface area (Å²) in [5, 5.41) is 19.1. The number of urea groups is 1. The monoisotopic (exact) mass is 642 g/mol. The SMILES string of the molecule is O=C(NC(Cc1ccc2[nH]ncc2c1)C(=O)N1CCC(C2CCNCC2)CC1)ON1CCC(N2CCc3ccccc3NC2=O)CC1. The zero-order valence-corrected chi connectivity index (χ0v) is 27.0. The number of nitrogens with one attached hydrogen (secondary N) is 4. The first-order chi connectivity index (χ1) is 23.0. The van der Waals surface area contributed by atoms with E-state index in [1.807, 2.05) is 46.2 Å². The third-order valence-electron chi connectivity index (χ3n) is 10.7. The summed E-state index contributed by atoms with van der Waals surface area (Å²) in [5.74, 6) is 1.32. The fourth-order valence-electron chi connectivity index (χ4n) is 7.95. The lowest BCUT2D eigenvalue weighted by Gasteiger charge is -2.39. The van der Waals surface area contributed by atoms with Gasteiger partial charge in [-0.3, -0.25) is 9.89 Å². The number of hydroxylamine groups is 2. The number of H-pyrrole nitrogens is 1. The van der Waals surface area contributed by atoms with E-state index in [1.165, 1.54) is 12.8 Å². The minimum Gasteiger partial charge on any atom is -0.351 e. The number of carbonyl (C=O) groups excluding carboxylic acids is 3. The Morgan fingerprint density at radius 2 is 1.70 bits per heavy atom. The van der Waals surface area contributed by atoms with Crippen molar-refractivity contribution >= 4 is 34.6 Å². The summed E-state index contributed by atoms with van der Waals surface area (Å²) >= 11 is 0. The number of benzene rings is 2. The number of aromatic amines is 1. The molecule has 0 spiro atoms. The van der Waals surface area contributed by atoms with Crippen LogP contribution in [0.15, 0.2) is 48.7 Å². The highest BCUT2D eigenvalue weighted by atomic mass is 16.7. The van der Waals surface area contributed by atoms with Gasteiger partial charge in [0.2, 0.25) is 5.91 Å². The van der Waals surface area contributed by atoms with Gasteiger partial charge in [0.1, 0.15) is 6.04 Å². The van der Waals surface area contributed by atoms with E-state index in [0.717, 1.165) is 66.0 Å². The Hall–Kier alpha value is -4.16. The van der Waals surface area contributed by atoms with E-state index >= 15 is 0 Å². The topological polar surface area (TPSA) is 135 Å². The van der Waals surface area contributed by atoms with Crippen LogP contribution in [0, 0.1) is 11.8 Å². The van der Waals surface area contributed by atoms with Crippen molar-refractivity contribution in [2.75, 3.05) is 51.1 Å². The van der Waals surface area contributed by atoms with Gasteiger partial charge in [0.15, 0.2) is 0 Å². The molecule has 4 aliphatic heterocycles. The van der Waals surface area contributed by atoms with Crippen LogP contribution in [0.4, 0.5) is 15.3 Å². The lowest BCUT2D eigenvalue weighted by Crippen LogP contribution is -2.54.